The molecule has 106 valence electrons. The van der Waals surface area contributed by atoms with Crippen LogP contribution in [-0.2, 0) is 4.79 Å². The van der Waals surface area contributed by atoms with Crippen molar-refractivity contribution in [1.82, 2.24) is 15.1 Å². The normalized spacial score (nSPS) is 16.1. The fourth-order valence-corrected chi connectivity index (χ4v) is 3.17. The van der Waals surface area contributed by atoms with Crippen LogP contribution in [0.1, 0.15) is 35.8 Å². The lowest BCUT2D eigenvalue weighted by atomic mass is 10.1. The number of aryl methyl sites for hydroxylation is 2. The molecule has 1 amide bonds. The second-order valence-corrected chi connectivity index (χ2v) is 6.24. The number of aromatic nitrogens is 2. The molecule has 5 heteroatoms. The highest BCUT2D eigenvalue weighted by atomic mass is 32.1. The largest absolute Gasteiger partial charge is 0.353 e. The summed E-state index contributed by atoms with van der Waals surface area (Å²) in [5, 5.41) is 11.8. The number of thiophene rings is 1. The van der Waals surface area contributed by atoms with E-state index in [-0.39, 0.29) is 17.9 Å². The molecule has 1 aliphatic carbocycles. The minimum atomic E-state index is 0.0812. The zero-order chi connectivity index (χ0) is 14.1. The van der Waals surface area contributed by atoms with Gasteiger partial charge in [-0.1, -0.05) is 0 Å². The van der Waals surface area contributed by atoms with E-state index in [0.717, 1.165) is 24.2 Å². The van der Waals surface area contributed by atoms with E-state index in [1.807, 2.05) is 11.6 Å². The number of carbonyl (C=O) groups is 1. The minimum Gasteiger partial charge on any atom is -0.353 e. The second-order valence-electron chi connectivity index (χ2n) is 5.46. The van der Waals surface area contributed by atoms with Crippen molar-refractivity contribution in [1.29, 1.82) is 0 Å². The Kier molecular flexibility index (Phi) is 3.61. The lowest BCUT2D eigenvalue weighted by molar-refractivity contribution is -0.122. The van der Waals surface area contributed by atoms with Gasteiger partial charge in [-0.05, 0) is 55.1 Å². The van der Waals surface area contributed by atoms with Crippen molar-refractivity contribution in [3.05, 3.63) is 39.8 Å². The third kappa shape index (κ3) is 2.77. The molecule has 1 saturated carbocycles. The molecule has 1 aliphatic rings. The molecule has 3 rings (SSSR count). The molecule has 4 nitrogen and oxygen atoms in total. The summed E-state index contributed by atoms with van der Waals surface area (Å²) in [5.74, 6) is 0.435. The van der Waals surface area contributed by atoms with E-state index in [0.29, 0.717) is 6.54 Å². The lowest BCUT2D eigenvalue weighted by Crippen LogP contribution is -2.32. The summed E-state index contributed by atoms with van der Waals surface area (Å²) in [6, 6.07) is 4.26. The molecular formula is C15H19N3OS. The second kappa shape index (κ2) is 5.40. The summed E-state index contributed by atoms with van der Waals surface area (Å²) in [5.41, 5.74) is 3.34. The molecule has 1 N–H and O–H groups in total. The zero-order valence-electron chi connectivity index (χ0n) is 11.8. The van der Waals surface area contributed by atoms with Gasteiger partial charge in [0.05, 0.1) is 11.7 Å². The standard InChI is InChI=1S/C15H19N3OS/c1-10-7-11(2)18(17-10)14(13-5-6-20-9-13)8-16-15(19)12-3-4-12/h5-7,9,12,14H,3-4,8H2,1-2H3,(H,16,19). The summed E-state index contributed by atoms with van der Waals surface area (Å²) in [7, 11) is 0. The van der Waals surface area contributed by atoms with Gasteiger partial charge in [0.25, 0.3) is 0 Å². The Morgan fingerprint density at radius 2 is 2.35 bits per heavy atom. The van der Waals surface area contributed by atoms with Gasteiger partial charge in [0.2, 0.25) is 5.91 Å². The Bertz CT molecular complexity index is 599. The molecule has 0 saturated heterocycles. The Morgan fingerprint density at radius 3 is 2.90 bits per heavy atom. The predicted octanol–water partition coefficient (Wildman–Crippen LogP) is 2.68. The summed E-state index contributed by atoms with van der Waals surface area (Å²) in [4.78, 5) is 11.9. The summed E-state index contributed by atoms with van der Waals surface area (Å²) >= 11 is 1.67. The van der Waals surface area contributed by atoms with Crippen molar-refractivity contribution in [2.75, 3.05) is 6.54 Å². The van der Waals surface area contributed by atoms with Crippen molar-refractivity contribution in [2.45, 2.75) is 32.7 Å². The predicted molar refractivity (Wildman–Crippen MR) is 79.9 cm³/mol. The highest BCUT2D eigenvalue weighted by Gasteiger charge is 2.30. The maximum absolute atomic E-state index is 11.9. The van der Waals surface area contributed by atoms with Gasteiger partial charge in [0.15, 0.2) is 0 Å². The van der Waals surface area contributed by atoms with Crippen LogP contribution in [0.3, 0.4) is 0 Å². The number of nitrogens with one attached hydrogen (secondary N) is 1. The van der Waals surface area contributed by atoms with Gasteiger partial charge in [-0.2, -0.15) is 16.4 Å². The topological polar surface area (TPSA) is 46.9 Å². The number of hydrogen-bond donors (Lipinski definition) is 1. The first-order valence-corrected chi connectivity index (χ1v) is 7.92. The number of rotatable bonds is 5. The first-order valence-electron chi connectivity index (χ1n) is 6.97. The van der Waals surface area contributed by atoms with Gasteiger partial charge in [0, 0.05) is 18.2 Å². The van der Waals surface area contributed by atoms with Crippen LogP contribution < -0.4 is 5.32 Å². The molecule has 1 atom stereocenters. The van der Waals surface area contributed by atoms with Gasteiger partial charge in [-0.3, -0.25) is 9.48 Å². The summed E-state index contributed by atoms with van der Waals surface area (Å²) in [6.07, 6.45) is 2.07. The van der Waals surface area contributed by atoms with Crippen LogP contribution in [0, 0.1) is 19.8 Å². The van der Waals surface area contributed by atoms with Gasteiger partial charge < -0.3 is 5.32 Å². The lowest BCUT2D eigenvalue weighted by Gasteiger charge is -2.19. The van der Waals surface area contributed by atoms with Gasteiger partial charge in [0.1, 0.15) is 0 Å². The van der Waals surface area contributed by atoms with Crippen LogP contribution in [0.5, 0.6) is 0 Å². The van der Waals surface area contributed by atoms with Crippen LogP contribution in [0.25, 0.3) is 0 Å². The molecule has 1 fully saturated rings. The fraction of sp³-hybridized carbons (Fsp3) is 0.467. The maximum atomic E-state index is 11.9. The van der Waals surface area contributed by atoms with E-state index in [1.165, 1.54) is 5.56 Å². The van der Waals surface area contributed by atoms with Gasteiger partial charge >= 0.3 is 0 Å². The minimum absolute atomic E-state index is 0.0812. The highest BCUT2D eigenvalue weighted by Crippen LogP contribution is 2.29. The van der Waals surface area contributed by atoms with Crippen LogP contribution >= 0.6 is 11.3 Å². The van der Waals surface area contributed by atoms with Crippen LogP contribution in [0.4, 0.5) is 0 Å². The molecule has 2 aromatic rings. The van der Waals surface area contributed by atoms with Gasteiger partial charge in [-0.25, -0.2) is 0 Å². The number of hydrogen-bond acceptors (Lipinski definition) is 3. The van der Waals surface area contributed by atoms with E-state index in [9.17, 15) is 4.79 Å². The number of nitrogens with zero attached hydrogens (tertiary/aromatic N) is 2. The van der Waals surface area contributed by atoms with E-state index in [4.69, 9.17) is 0 Å². The van der Waals surface area contributed by atoms with Crippen molar-refractivity contribution < 1.29 is 4.79 Å². The first kappa shape index (κ1) is 13.4. The molecule has 0 bridgehead atoms. The maximum Gasteiger partial charge on any atom is 0.223 e. The smallest absolute Gasteiger partial charge is 0.223 e. The number of amides is 1. The molecule has 0 spiro atoms. The highest BCUT2D eigenvalue weighted by molar-refractivity contribution is 7.07. The SMILES string of the molecule is Cc1cc(C)n(C(CNC(=O)C2CC2)c2ccsc2)n1. The average Bonchev–Trinajstić information content (AvgIpc) is 3.03. The first-order chi connectivity index (χ1) is 9.65. The molecule has 2 aromatic heterocycles. The third-order valence-corrected chi connectivity index (χ3v) is 4.39. The molecule has 20 heavy (non-hydrogen) atoms. The van der Waals surface area contributed by atoms with Crippen LogP contribution in [-0.4, -0.2) is 22.2 Å². The summed E-state index contributed by atoms with van der Waals surface area (Å²) < 4.78 is 2.02. The Balaban J connectivity index is 1.80. The summed E-state index contributed by atoms with van der Waals surface area (Å²) in [6.45, 7) is 4.66. The van der Waals surface area contributed by atoms with Crippen molar-refractivity contribution in [3.63, 3.8) is 0 Å². The Morgan fingerprint density at radius 1 is 1.55 bits per heavy atom. The molecule has 1 unspecified atom stereocenters. The van der Waals surface area contributed by atoms with E-state index >= 15 is 0 Å². The molecule has 0 aromatic carbocycles. The van der Waals surface area contributed by atoms with Crippen molar-refractivity contribution in [2.24, 2.45) is 5.92 Å². The van der Waals surface area contributed by atoms with Gasteiger partial charge in [-0.15, -0.1) is 0 Å². The van der Waals surface area contributed by atoms with Crippen molar-refractivity contribution in [3.8, 4) is 0 Å². The monoisotopic (exact) mass is 289 g/mol. The van der Waals surface area contributed by atoms with Crippen LogP contribution in [0.15, 0.2) is 22.9 Å². The Labute approximate surface area is 122 Å². The molecule has 2 heterocycles. The van der Waals surface area contributed by atoms with Crippen LogP contribution in [0.2, 0.25) is 0 Å². The van der Waals surface area contributed by atoms with Crippen molar-refractivity contribution >= 4 is 17.2 Å². The van der Waals surface area contributed by atoms with E-state index < -0.39 is 0 Å². The quantitative estimate of drug-likeness (QED) is 0.920. The fourth-order valence-electron chi connectivity index (χ4n) is 2.46. The average molecular weight is 289 g/mol. The third-order valence-electron chi connectivity index (χ3n) is 3.69. The molecule has 0 radical (unpaired) electrons. The zero-order valence-corrected chi connectivity index (χ0v) is 12.6. The van der Waals surface area contributed by atoms with E-state index in [2.05, 4.69) is 40.2 Å². The Hall–Kier alpha value is -1.62. The number of carbonyl (C=O) groups excluding carboxylic acids is 1. The molecule has 0 aliphatic heterocycles. The molecular weight excluding hydrogens is 270 g/mol. The van der Waals surface area contributed by atoms with E-state index in [1.54, 1.807) is 11.3 Å².